The summed E-state index contributed by atoms with van der Waals surface area (Å²) < 4.78 is 171. The molecule has 0 atom stereocenters. The van der Waals surface area contributed by atoms with Gasteiger partial charge in [-0.1, -0.05) is 97.1 Å². The van der Waals surface area contributed by atoms with Crippen LogP contribution in [-0.4, -0.2) is 24.4 Å². The van der Waals surface area contributed by atoms with Crippen LogP contribution in [0.5, 0.6) is 0 Å². The summed E-state index contributed by atoms with van der Waals surface area (Å²) in [5.74, 6) is 0.295. The van der Waals surface area contributed by atoms with Gasteiger partial charge in [0.25, 0.3) is 0 Å². The van der Waals surface area contributed by atoms with Crippen molar-refractivity contribution in [2.45, 2.75) is 24.7 Å². The standard InChI is InChI=1S/C28H16BF12.C7H9N2OS/c30-25(31,32)17-1-9-21(10-2-17)29(22-11-3-18(4-12-22)26(33,34)35,23-13-5-19(6-14-23)27(36,37)38)24-15-7-20(8-16-24)28(39,40)41;1-11(2,10)4-3-7(5-8)6-9/h1-16H;3H,4H2,1-2H3/q-1;+1. The van der Waals surface area contributed by atoms with Crippen LogP contribution in [0.15, 0.2) is 109 Å². The Hall–Kier alpha value is -5.03. The normalized spacial score (nSPS) is 12.5. The Kier molecular flexibility index (Phi) is 12.2. The first-order chi connectivity index (χ1) is 23.8. The van der Waals surface area contributed by atoms with Crippen molar-refractivity contribution in [2.75, 3.05) is 18.3 Å². The van der Waals surface area contributed by atoms with E-state index in [4.69, 9.17) is 10.5 Å². The minimum absolute atomic E-state index is 0.0114. The molecule has 0 saturated heterocycles. The second-order valence-electron chi connectivity index (χ2n) is 11.8. The summed E-state index contributed by atoms with van der Waals surface area (Å²) in [6, 6.07) is 17.0. The van der Waals surface area contributed by atoms with Crippen molar-refractivity contribution in [2.24, 2.45) is 0 Å². The zero-order valence-corrected chi connectivity index (χ0v) is 27.7. The topological polar surface area (TPSA) is 64.7 Å². The lowest BCUT2D eigenvalue weighted by Crippen LogP contribution is -2.74. The van der Waals surface area contributed by atoms with Crippen LogP contribution in [0.1, 0.15) is 22.3 Å². The summed E-state index contributed by atoms with van der Waals surface area (Å²) in [4.78, 5) is 0. The van der Waals surface area contributed by atoms with E-state index in [0.717, 1.165) is 48.5 Å². The van der Waals surface area contributed by atoms with E-state index in [1.165, 1.54) is 6.08 Å². The van der Waals surface area contributed by atoms with Crippen LogP contribution in [0.3, 0.4) is 0 Å². The van der Waals surface area contributed by atoms with Crippen LogP contribution in [0.25, 0.3) is 0 Å². The molecule has 0 unspecified atom stereocenters. The maximum absolute atomic E-state index is 13.3. The van der Waals surface area contributed by atoms with Crippen molar-refractivity contribution in [3.63, 3.8) is 0 Å². The average Bonchev–Trinajstić information content (AvgIpc) is 3.05. The Morgan fingerprint density at radius 3 is 0.885 bits per heavy atom. The minimum Gasteiger partial charge on any atom is -0.195 e. The Bertz CT molecular complexity index is 1740. The molecule has 17 heteroatoms. The first-order valence-electron chi connectivity index (χ1n) is 14.6. The minimum atomic E-state index is -4.77. The molecule has 0 aliphatic rings. The Balaban J connectivity index is 0.000000573. The lowest BCUT2D eigenvalue weighted by atomic mass is 9.13. The average molecular weight is 760 g/mol. The van der Waals surface area contributed by atoms with Crippen LogP contribution in [0, 0.1) is 22.7 Å². The molecule has 0 amide bonds. The monoisotopic (exact) mass is 760 g/mol. The number of nitriles is 2. The Labute approximate surface area is 291 Å². The Morgan fingerprint density at radius 2 is 0.731 bits per heavy atom. The number of hydrogen-bond donors (Lipinski definition) is 0. The molecule has 0 bridgehead atoms. The van der Waals surface area contributed by atoms with Crippen LogP contribution in [-0.2, 0) is 38.8 Å². The van der Waals surface area contributed by atoms with Gasteiger partial charge in [0.2, 0.25) is 0 Å². The van der Waals surface area contributed by atoms with Crippen molar-refractivity contribution < 1.29 is 56.9 Å². The predicted molar refractivity (Wildman–Crippen MR) is 174 cm³/mol. The first kappa shape index (κ1) is 41.4. The summed E-state index contributed by atoms with van der Waals surface area (Å²) in [7, 11) is -1.87. The molecule has 52 heavy (non-hydrogen) atoms. The summed E-state index contributed by atoms with van der Waals surface area (Å²) in [6.45, 7) is 0. The summed E-state index contributed by atoms with van der Waals surface area (Å²) in [6.07, 6.45) is -17.4. The lowest BCUT2D eigenvalue weighted by Gasteiger charge is -2.44. The van der Waals surface area contributed by atoms with E-state index < -0.39 is 63.0 Å². The molecular weight excluding hydrogens is 735 g/mol. The maximum Gasteiger partial charge on any atom is 0.416 e. The highest BCUT2D eigenvalue weighted by molar-refractivity contribution is 8.01. The zero-order chi connectivity index (χ0) is 39.3. The second-order valence-corrected chi connectivity index (χ2v) is 15.0. The molecule has 3 nitrogen and oxygen atoms in total. The van der Waals surface area contributed by atoms with Crippen molar-refractivity contribution in [3.05, 3.63) is 131 Å². The molecule has 0 heterocycles. The van der Waals surface area contributed by atoms with Crippen molar-refractivity contribution in [1.29, 1.82) is 10.5 Å². The molecule has 0 fully saturated rings. The fourth-order valence-corrected chi connectivity index (χ4v) is 5.97. The summed E-state index contributed by atoms with van der Waals surface area (Å²) in [5.41, 5.74) is -4.27. The lowest BCUT2D eigenvalue weighted by molar-refractivity contribution is -0.138. The van der Waals surface area contributed by atoms with Crippen molar-refractivity contribution in [3.8, 4) is 12.1 Å². The summed E-state index contributed by atoms with van der Waals surface area (Å²) >= 11 is 0. The molecule has 274 valence electrons. The molecule has 0 aromatic heterocycles. The number of benzene rings is 4. The number of halogens is 12. The number of rotatable bonds is 6. The molecule has 0 saturated carbocycles. The largest absolute Gasteiger partial charge is 0.416 e. The highest BCUT2D eigenvalue weighted by Crippen LogP contribution is 2.32. The van der Waals surface area contributed by atoms with E-state index in [-0.39, 0.29) is 27.4 Å². The van der Waals surface area contributed by atoms with E-state index >= 15 is 0 Å². The first-order valence-corrected chi connectivity index (χ1v) is 17.2. The molecule has 0 aliphatic heterocycles. The van der Waals surface area contributed by atoms with E-state index in [9.17, 15) is 56.9 Å². The number of hydrogen-bond acceptors (Lipinski definition) is 3. The quantitative estimate of drug-likeness (QED) is 0.0871. The number of alkyl halides is 12. The van der Waals surface area contributed by atoms with E-state index in [2.05, 4.69) is 0 Å². The van der Waals surface area contributed by atoms with E-state index in [1.807, 2.05) is 0 Å². The molecule has 0 N–H and O–H groups in total. The van der Waals surface area contributed by atoms with Gasteiger partial charge >= 0.3 is 24.7 Å². The van der Waals surface area contributed by atoms with Gasteiger partial charge in [-0.25, -0.2) is 0 Å². The van der Waals surface area contributed by atoms with Gasteiger partial charge in [0, 0.05) is 0 Å². The van der Waals surface area contributed by atoms with Gasteiger partial charge in [-0.15, -0.1) is 4.21 Å². The van der Waals surface area contributed by atoms with Gasteiger partial charge in [0.15, 0.2) is 0 Å². The second kappa shape index (κ2) is 15.3. The maximum atomic E-state index is 13.3. The van der Waals surface area contributed by atoms with Gasteiger partial charge in [-0.2, -0.15) is 85.1 Å². The molecule has 4 aromatic carbocycles. The van der Waals surface area contributed by atoms with Gasteiger partial charge in [0.1, 0.15) is 42.1 Å². The molecule has 0 radical (unpaired) electrons. The van der Waals surface area contributed by atoms with Crippen molar-refractivity contribution >= 4 is 37.9 Å². The van der Waals surface area contributed by atoms with Gasteiger partial charge in [-0.05, 0) is 6.08 Å². The predicted octanol–water partition coefficient (Wildman–Crippen LogP) is 7.86. The molecule has 4 rings (SSSR count). The Morgan fingerprint density at radius 1 is 0.519 bits per heavy atom. The third-order valence-corrected chi connectivity index (χ3v) is 8.85. The van der Waals surface area contributed by atoms with Crippen LogP contribution in [0.4, 0.5) is 52.7 Å². The van der Waals surface area contributed by atoms with Crippen molar-refractivity contribution in [1.82, 2.24) is 0 Å². The van der Waals surface area contributed by atoms with Gasteiger partial charge in [0.05, 0.1) is 32.2 Å². The smallest absolute Gasteiger partial charge is 0.195 e. The van der Waals surface area contributed by atoms with Crippen LogP contribution < -0.4 is 21.9 Å². The highest BCUT2D eigenvalue weighted by atomic mass is 32.2. The fraction of sp³-hybridized carbons (Fsp3) is 0.200. The molecule has 4 aromatic rings. The number of allylic oxidation sites excluding steroid dienone is 1. The SMILES string of the molecule is C[S+](C)(=O)CC=C(C#N)C#N.FC(F)(F)c1ccc([B-](c2ccc(C(F)(F)F)cc2)(c2ccc(C(F)(F)F)cc2)c2ccc(C(F)(F)F)cc2)cc1. The van der Waals surface area contributed by atoms with Crippen LogP contribution >= 0.6 is 0 Å². The molecule has 0 aliphatic carbocycles. The highest BCUT2D eigenvalue weighted by Gasteiger charge is 2.38. The van der Waals surface area contributed by atoms with Crippen LogP contribution in [0.2, 0.25) is 0 Å². The van der Waals surface area contributed by atoms with E-state index in [0.29, 0.717) is 54.3 Å². The third kappa shape index (κ3) is 10.1. The van der Waals surface area contributed by atoms with Gasteiger partial charge < -0.3 is 0 Å². The van der Waals surface area contributed by atoms with Gasteiger partial charge in [-0.3, -0.25) is 0 Å². The zero-order valence-electron chi connectivity index (χ0n) is 26.8. The van der Waals surface area contributed by atoms with E-state index in [1.54, 1.807) is 24.6 Å². The fourth-order valence-electron chi connectivity index (χ4n) is 5.40. The number of nitrogens with zero attached hydrogens (tertiary/aromatic N) is 2. The third-order valence-electron chi connectivity index (χ3n) is 7.88. The molecule has 0 spiro atoms. The molecular formula is C35H25BF12N2OS. The summed E-state index contributed by atoms with van der Waals surface area (Å²) in [5, 5.41) is 16.6.